The number of aliphatic hydroxyl groups is 2. The third kappa shape index (κ3) is 27.7. The highest BCUT2D eigenvalue weighted by atomic mass is 16.3. The van der Waals surface area contributed by atoms with Crippen molar-refractivity contribution in [2.75, 3.05) is 6.61 Å². The number of hydrogen-bond acceptors (Lipinski definition) is 3. The number of allylic oxidation sites excluding steroid dienone is 8. The number of hydrogen-bond donors (Lipinski definition) is 3. The van der Waals surface area contributed by atoms with Crippen LogP contribution in [0, 0.1) is 0 Å². The van der Waals surface area contributed by atoms with Gasteiger partial charge in [0.15, 0.2) is 0 Å². The van der Waals surface area contributed by atoms with Gasteiger partial charge in [0, 0.05) is 6.42 Å². The number of amides is 1. The Morgan fingerprint density at radius 1 is 0.641 bits per heavy atom. The molecule has 0 aliphatic rings. The Kier molecular flexibility index (Phi) is 29.6. The summed E-state index contributed by atoms with van der Waals surface area (Å²) in [6.45, 7) is 4.12. The van der Waals surface area contributed by atoms with Crippen LogP contribution in [-0.2, 0) is 4.79 Å². The quantitative estimate of drug-likeness (QED) is 0.0677. The largest absolute Gasteiger partial charge is 0.394 e. The van der Waals surface area contributed by atoms with Gasteiger partial charge < -0.3 is 15.5 Å². The number of rotatable bonds is 28. The maximum Gasteiger partial charge on any atom is 0.220 e. The lowest BCUT2D eigenvalue weighted by molar-refractivity contribution is -0.123. The summed E-state index contributed by atoms with van der Waals surface area (Å²) in [5, 5.41) is 22.6. The van der Waals surface area contributed by atoms with E-state index in [1.165, 1.54) is 57.8 Å². The van der Waals surface area contributed by atoms with Crippen molar-refractivity contribution in [2.24, 2.45) is 0 Å². The van der Waals surface area contributed by atoms with E-state index >= 15 is 0 Å². The number of aliphatic hydroxyl groups excluding tert-OH is 2. The Balaban J connectivity index is 3.50. The van der Waals surface area contributed by atoms with Gasteiger partial charge in [-0.05, 0) is 51.4 Å². The standard InChI is InChI=1S/C35H63NO3/c1-3-5-7-9-10-11-12-13-14-15-16-17-18-19-20-21-22-23-24-25-26-27-29-31-35(39)36-33(32-37)34(38)30-28-8-6-4-2/h5,7,10-11,13-14,16-17,33-34,37-38H,3-4,6,8-9,12,15,18-32H2,1-2H3,(H,36,39)/b7-5-,11-10-,14-13-,17-16-. The molecule has 0 aliphatic heterocycles. The van der Waals surface area contributed by atoms with Gasteiger partial charge in [0.25, 0.3) is 0 Å². The lowest BCUT2D eigenvalue weighted by Crippen LogP contribution is -2.45. The first-order valence-electron chi connectivity index (χ1n) is 16.3. The summed E-state index contributed by atoms with van der Waals surface area (Å²) in [6, 6.07) is -0.534. The molecule has 0 aromatic carbocycles. The summed E-state index contributed by atoms with van der Waals surface area (Å²) in [5.74, 6) is -0.0491. The Labute approximate surface area is 242 Å². The summed E-state index contributed by atoms with van der Waals surface area (Å²) >= 11 is 0. The molecule has 0 rings (SSSR count). The minimum atomic E-state index is -0.657. The van der Waals surface area contributed by atoms with E-state index < -0.39 is 12.1 Å². The van der Waals surface area contributed by atoms with Crippen LogP contribution < -0.4 is 5.32 Å². The van der Waals surface area contributed by atoms with Gasteiger partial charge in [-0.25, -0.2) is 0 Å². The Morgan fingerprint density at radius 3 is 1.67 bits per heavy atom. The molecular weight excluding hydrogens is 482 g/mol. The van der Waals surface area contributed by atoms with E-state index in [4.69, 9.17) is 0 Å². The molecule has 1 amide bonds. The van der Waals surface area contributed by atoms with Crippen LogP contribution in [0.25, 0.3) is 0 Å². The Morgan fingerprint density at radius 2 is 1.13 bits per heavy atom. The molecule has 0 spiro atoms. The molecule has 0 aromatic rings. The molecular formula is C35H63NO3. The van der Waals surface area contributed by atoms with Crippen molar-refractivity contribution in [3.63, 3.8) is 0 Å². The first-order chi connectivity index (χ1) is 19.2. The molecule has 0 aromatic heterocycles. The predicted octanol–water partition coefficient (Wildman–Crippen LogP) is 9.28. The molecule has 226 valence electrons. The van der Waals surface area contributed by atoms with Crippen molar-refractivity contribution in [1.29, 1.82) is 0 Å². The van der Waals surface area contributed by atoms with E-state index in [-0.39, 0.29) is 12.5 Å². The van der Waals surface area contributed by atoms with Crippen LogP contribution in [0.3, 0.4) is 0 Å². The molecule has 4 heteroatoms. The summed E-state index contributed by atoms with van der Waals surface area (Å²) in [7, 11) is 0. The van der Waals surface area contributed by atoms with Gasteiger partial charge in [0.1, 0.15) is 0 Å². The van der Waals surface area contributed by atoms with Crippen molar-refractivity contribution in [3.05, 3.63) is 48.6 Å². The van der Waals surface area contributed by atoms with Crippen LogP contribution in [0.4, 0.5) is 0 Å². The molecule has 2 unspecified atom stereocenters. The molecule has 2 atom stereocenters. The number of carbonyl (C=O) groups excluding carboxylic acids is 1. The highest BCUT2D eigenvalue weighted by molar-refractivity contribution is 5.76. The van der Waals surface area contributed by atoms with Crippen molar-refractivity contribution in [2.45, 2.75) is 161 Å². The lowest BCUT2D eigenvalue weighted by atomic mass is 10.0. The second-order valence-corrected chi connectivity index (χ2v) is 10.8. The highest BCUT2D eigenvalue weighted by Gasteiger charge is 2.19. The van der Waals surface area contributed by atoms with Crippen LogP contribution in [0.2, 0.25) is 0 Å². The van der Waals surface area contributed by atoms with Gasteiger partial charge in [-0.3, -0.25) is 4.79 Å². The maximum absolute atomic E-state index is 12.2. The minimum absolute atomic E-state index is 0.0491. The van der Waals surface area contributed by atoms with Crippen molar-refractivity contribution in [3.8, 4) is 0 Å². The van der Waals surface area contributed by atoms with Crippen LogP contribution in [-0.4, -0.2) is 34.9 Å². The summed E-state index contributed by atoms with van der Waals surface area (Å²) in [6.07, 6.45) is 40.6. The minimum Gasteiger partial charge on any atom is -0.394 e. The number of carbonyl (C=O) groups is 1. The van der Waals surface area contributed by atoms with Gasteiger partial charge in [-0.2, -0.15) is 0 Å². The van der Waals surface area contributed by atoms with E-state index in [0.717, 1.165) is 64.2 Å². The summed E-state index contributed by atoms with van der Waals surface area (Å²) in [4.78, 5) is 12.2. The van der Waals surface area contributed by atoms with Crippen LogP contribution in [0.15, 0.2) is 48.6 Å². The van der Waals surface area contributed by atoms with Gasteiger partial charge in [-0.1, -0.05) is 140 Å². The Bertz CT molecular complexity index is 638. The summed E-state index contributed by atoms with van der Waals surface area (Å²) < 4.78 is 0. The fourth-order valence-electron chi connectivity index (χ4n) is 4.58. The molecule has 0 bridgehead atoms. The highest BCUT2D eigenvalue weighted by Crippen LogP contribution is 2.13. The maximum atomic E-state index is 12.2. The topological polar surface area (TPSA) is 69.6 Å². The second kappa shape index (κ2) is 30.9. The molecule has 4 nitrogen and oxygen atoms in total. The zero-order valence-electron chi connectivity index (χ0n) is 25.6. The smallest absolute Gasteiger partial charge is 0.220 e. The zero-order valence-corrected chi connectivity index (χ0v) is 25.6. The molecule has 0 saturated carbocycles. The Hall–Kier alpha value is -1.65. The van der Waals surface area contributed by atoms with E-state index in [0.29, 0.717) is 12.8 Å². The zero-order chi connectivity index (χ0) is 28.7. The number of nitrogens with one attached hydrogen (secondary N) is 1. The third-order valence-electron chi connectivity index (χ3n) is 7.10. The molecule has 39 heavy (non-hydrogen) atoms. The fourth-order valence-corrected chi connectivity index (χ4v) is 4.58. The second-order valence-electron chi connectivity index (χ2n) is 10.8. The SMILES string of the molecule is CC/C=C\C/C=C\C/C=C\C/C=C\CCCCCCCCCCCCC(=O)NC(CO)C(O)CCCCCC. The van der Waals surface area contributed by atoms with Gasteiger partial charge in [0.05, 0.1) is 18.8 Å². The van der Waals surface area contributed by atoms with Gasteiger partial charge >= 0.3 is 0 Å². The van der Waals surface area contributed by atoms with Crippen molar-refractivity contribution >= 4 is 5.91 Å². The molecule has 0 aliphatic carbocycles. The van der Waals surface area contributed by atoms with Crippen LogP contribution in [0.1, 0.15) is 149 Å². The van der Waals surface area contributed by atoms with Crippen molar-refractivity contribution < 1.29 is 15.0 Å². The van der Waals surface area contributed by atoms with Crippen molar-refractivity contribution in [1.82, 2.24) is 5.32 Å². The molecule has 3 N–H and O–H groups in total. The van der Waals surface area contributed by atoms with E-state index in [1.807, 2.05) is 0 Å². The predicted molar refractivity (Wildman–Crippen MR) is 170 cm³/mol. The lowest BCUT2D eigenvalue weighted by Gasteiger charge is -2.22. The van der Waals surface area contributed by atoms with E-state index in [1.54, 1.807) is 0 Å². The first-order valence-corrected chi connectivity index (χ1v) is 16.3. The molecule has 0 saturated heterocycles. The third-order valence-corrected chi connectivity index (χ3v) is 7.10. The average Bonchev–Trinajstić information content (AvgIpc) is 2.94. The van der Waals surface area contributed by atoms with E-state index in [9.17, 15) is 15.0 Å². The monoisotopic (exact) mass is 545 g/mol. The van der Waals surface area contributed by atoms with E-state index in [2.05, 4.69) is 67.8 Å². The van der Waals surface area contributed by atoms with Gasteiger partial charge in [-0.15, -0.1) is 0 Å². The average molecular weight is 546 g/mol. The fraction of sp³-hybridized carbons (Fsp3) is 0.743. The van der Waals surface area contributed by atoms with Crippen LogP contribution in [0.5, 0.6) is 0 Å². The van der Waals surface area contributed by atoms with Crippen LogP contribution >= 0.6 is 0 Å². The molecule has 0 radical (unpaired) electrons. The first kappa shape index (κ1) is 37.4. The summed E-state index contributed by atoms with van der Waals surface area (Å²) in [5.41, 5.74) is 0. The normalized spacial score (nSPS) is 13.8. The number of unbranched alkanes of at least 4 members (excludes halogenated alkanes) is 13. The van der Waals surface area contributed by atoms with Gasteiger partial charge in [0.2, 0.25) is 5.91 Å². The molecule has 0 heterocycles. The molecule has 0 fully saturated rings.